The molecule has 0 aliphatic heterocycles. The molecular weight excluding hydrogens is 218 g/mol. The van der Waals surface area contributed by atoms with Crippen LogP contribution in [0.5, 0.6) is 0 Å². The Morgan fingerprint density at radius 1 is 1.17 bits per heavy atom. The smallest absolute Gasteiger partial charge is 0.0320 e. The first kappa shape index (κ1) is 12.2. The monoisotopic (exact) mass is 243 g/mol. The van der Waals surface area contributed by atoms with Crippen LogP contribution in [0.4, 0.5) is 0 Å². The van der Waals surface area contributed by atoms with E-state index in [1.807, 2.05) is 0 Å². The van der Waals surface area contributed by atoms with Gasteiger partial charge in [-0.2, -0.15) is 0 Å². The van der Waals surface area contributed by atoms with Crippen molar-refractivity contribution in [2.45, 2.75) is 58.0 Å². The van der Waals surface area contributed by atoms with Crippen molar-refractivity contribution in [1.82, 2.24) is 5.32 Å². The third-order valence-electron chi connectivity index (χ3n) is 5.04. The highest BCUT2D eigenvalue weighted by atomic mass is 15.0. The predicted molar refractivity (Wildman–Crippen MR) is 76.6 cm³/mol. The second-order valence-electron chi connectivity index (χ2n) is 6.32. The van der Waals surface area contributed by atoms with Gasteiger partial charge >= 0.3 is 0 Å². The average molecular weight is 243 g/mol. The summed E-state index contributed by atoms with van der Waals surface area (Å²) in [5.41, 5.74) is 2.82. The van der Waals surface area contributed by atoms with Crippen LogP contribution in [-0.2, 0) is 0 Å². The van der Waals surface area contributed by atoms with E-state index < -0.39 is 0 Å². The zero-order valence-corrected chi connectivity index (χ0v) is 11.7. The van der Waals surface area contributed by atoms with Crippen LogP contribution in [0.2, 0.25) is 0 Å². The van der Waals surface area contributed by atoms with Crippen LogP contribution in [0.15, 0.2) is 24.3 Å². The summed E-state index contributed by atoms with van der Waals surface area (Å²) in [5.74, 6) is 2.00. The van der Waals surface area contributed by atoms with E-state index in [1.165, 1.54) is 43.2 Å². The Kier molecular flexibility index (Phi) is 3.43. The summed E-state index contributed by atoms with van der Waals surface area (Å²) in [6.45, 7) is 4.46. The van der Waals surface area contributed by atoms with E-state index >= 15 is 0 Å². The fourth-order valence-electron chi connectivity index (χ4n) is 3.96. The standard InChI is InChI=1S/C17H25N/c1-3-16(14-7-4-12(2)5-8-14)18-17-11-13-6-9-15(17)10-13/h4-5,7-8,13,15-18H,3,6,9-11H2,1-2H3. The van der Waals surface area contributed by atoms with Gasteiger partial charge in [-0.1, -0.05) is 43.2 Å². The third kappa shape index (κ3) is 2.33. The lowest BCUT2D eigenvalue weighted by atomic mass is 9.93. The molecule has 0 aromatic heterocycles. The molecule has 3 rings (SSSR count). The Balaban J connectivity index is 1.67. The fraction of sp³-hybridized carbons (Fsp3) is 0.647. The molecule has 1 nitrogen and oxygen atoms in total. The van der Waals surface area contributed by atoms with E-state index in [4.69, 9.17) is 0 Å². The Labute approximate surface area is 111 Å². The van der Waals surface area contributed by atoms with Crippen molar-refractivity contribution in [3.05, 3.63) is 35.4 Å². The zero-order valence-electron chi connectivity index (χ0n) is 11.7. The number of hydrogen-bond donors (Lipinski definition) is 1. The van der Waals surface area contributed by atoms with Crippen molar-refractivity contribution in [3.8, 4) is 0 Å². The van der Waals surface area contributed by atoms with Crippen LogP contribution >= 0.6 is 0 Å². The Morgan fingerprint density at radius 2 is 1.94 bits per heavy atom. The minimum Gasteiger partial charge on any atom is -0.307 e. The van der Waals surface area contributed by atoms with E-state index in [0.29, 0.717) is 6.04 Å². The maximum absolute atomic E-state index is 3.93. The van der Waals surface area contributed by atoms with Crippen molar-refractivity contribution >= 4 is 0 Å². The molecule has 0 radical (unpaired) electrons. The van der Waals surface area contributed by atoms with Crippen molar-refractivity contribution in [2.24, 2.45) is 11.8 Å². The van der Waals surface area contributed by atoms with Crippen molar-refractivity contribution in [1.29, 1.82) is 0 Å². The lowest BCUT2D eigenvalue weighted by Gasteiger charge is -2.28. The van der Waals surface area contributed by atoms with Crippen LogP contribution in [0, 0.1) is 18.8 Å². The minimum atomic E-state index is 0.551. The normalized spacial score (nSPS) is 31.8. The van der Waals surface area contributed by atoms with Gasteiger partial charge in [-0.25, -0.2) is 0 Å². The lowest BCUT2D eigenvalue weighted by molar-refractivity contribution is 0.315. The Bertz CT molecular complexity index is 395. The van der Waals surface area contributed by atoms with Crippen LogP contribution in [0.25, 0.3) is 0 Å². The predicted octanol–water partition coefficient (Wildman–Crippen LogP) is 4.22. The third-order valence-corrected chi connectivity index (χ3v) is 5.04. The Hall–Kier alpha value is -0.820. The molecule has 1 N–H and O–H groups in total. The van der Waals surface area contributed by atoms with Gasteiger partial charge in [-0.05, 0) is 50.0 Å². The highest BCUT2D eigenvalue weighted by Crippen LogP contribution is 2.45. The lowest BCUT2D eigenvalue weighted by Crippen LogP contribution is -2.36. The van der Waals surface area contributed by atoms with Gasteiger partial charge < -0.3 is 5.32 Å². The quantitative estimate of drug-likeness (QED) is 0.834. The molecule has 98 valence electrons. The molecule has 1 aromatic carbocycles. The number of aryl methyl sites for hydroxylation is 1. The first-order valence-corrected chi connectivity index (χ1v) is 7.59. The largest absolute Gasteiger partial charge is 0.307 e. The van der Waals surface area contributed by atoms with Gasteiger partial charge in [0, 0.05) is 12.1 Å². The molecule has 2 saturated carbocycles. The number of benzene rings is 1. The summed E-state index contributed by atoms with van der Waals surface area (Å²) in [6, 6.07) is 10.4. The molecular formula is C17H25N. The van der Waals surface area contributed by atoms with Gasteiger partial charge in [0.1, 0.15) is 0 Å². The molecule has 2 bridgehead atoms. The topological polar surface area (TPSA) is 12.0 Å². The van der Waals surface area contributed by atoms with E-state index in [9.17, 15) is 0 Å². The number of nitrogens with one attached hydrogen (secondary N) is 1. The van der Waals surface area contributed by atoms with Crippen LogP contribution < -0.4 is 5.32 Å². The molecule has 2 fully saturated rings. The molecule has 18 heavy (non-hydrogen) atoms. The van der Waals surface area contributed by atoms with E-state index in [0.717, 1.165) is 17.9 Å². The summed E-state index contributed by atoms with van der Waals surface area (Å²) in [7, 11) is 0. The minimum absolute atomic E-state index is 0.551. The fourth-order valence-corrected chi connectivity index (χ4v) is 3.96. The molecule has 2 aliphatic rings. The van der Waals surface area contributed by atoms with Gasteiger partial charge in [0.15, 0.2) is 0 Å². The van der Waals surface area contributed by atoms with E-state index in [1.54, 1.807) is 0 Å². The van der Waals surface area contributed by atoms with E-state index in [-0.39, 0.29) is 0 Å². The number of fused-ring (bicyclic) bond motifs is 2. The molecule has 0 saturated heterocycles. The maximum Gasteiger partial charge on any atom is 0.0320 e. The van der Waals surface area contributed by atoms with Crippen LogP contribution in [0.1, 0.15) is 56.2 Å². The van der Waals surface area contributed by atoms with Gasteiger partial charge in [-0.3, -0.25) is 0 Å². The average Bonchev–Trinajstić information content (AvgIpc) is 2.99. The van der Waals surface area contributed by atoms with Crippen LogP contribution in [-0.4, -0.2) is 6.04 Å². The SMILES string of the molecule is CCC(NC1CC2CCC1C2)c1ccc(C)cc1. The summed E-state index contributed by atoms with van der Waals surface area (Å²) in [4.78, 5) is 0. The van der Waals surface area contributed by atoms with Crippen LogP contribution in [0.3, 0.4) is 0 Å². The molecule has 0 heterocycles. The molecule has 1 aromatic rings. The summed E-state index contributed by atoms with van der Waals surface area (Å²) < 4.78 is 0. The molecule has 4 atom stereocenters. The number of rotatable bonds is 4. The van der Waals surface area contributed by atoms with Crippen molar-refractivity contribution < 1.29 is 0 Å². The van der Waals surface area contributed by atoms with Gasteiger partial charge in [0.25, 0.3) is 0 Å². The highest BCUT2D eigenvalue weighted by Gasteiger charge is 2.39. The first-order chi connectivity index (χ1) is 8.76. The zero-order chi connectivity index (χ0) is 12.5. The van der Waals surface area contributed by atoms with E-state index in [2.05, 4.69) is 43.4 Å². The molecule has 4 unspecified atom stereocenters. The maximum atomic E-state index is 3.93. The van der Waals surface area contributed by atoms with Gasteiger partial charge in [-0.15, -0.1) is 0 Å². The second-order valence-corrected chi connectivity index (χ2v) is 6.32. The van der Waals surface area contributed by atoms with Gasteiger partial charge in [0.2, 0.25) is 0 Å². The molecule has 2 aliphatic carbocycles. The Morgan fingerprint density at radius 3 is 2.50 bits per heavy atom. The molecule has 1 heteroatoms. The number of hydrogen-bond acceptors (Lipinski definition) is 1. The first-order valence-electron chi connectivity index (χ1n) is 7.59. The summed E-state index contributed by atoms with van der Waals surface area (Å²) in [6.07, 6.45) is 7.06. The van der Waals surface area contributed by atoms with Gasteiger partial charge in [0.05, 0.1) is 0 Å². The highest BCUT2D eigenvalue weighted by molar-refractivity contribution is 5.24. The molecule has 0 spiro atoms. The summed E-state index contributed by atoms with van der Waals surface area (Å²) >= 11 is 0. The van der Waals surface area contributed by atoms with Crippen molar-refractivity contribution in [2.75, 3.05) is 0 Å². The second kappa shape index (κ2) is 5.05. The summed E-state index contributed by atoms with van der Waals surface area (Å²) in [5, 5.41) is 3.93. The molecule has 0 amide bonds. The van der Waals surface area contributed by atoms with Crippen molar-refractivity contribution in [3.63, 3.8) is 0 Å².